The highest BCUT2D eigenvalue weighted by atomic mass is 16.6. The van der Waals surface area contributed by atoms with Crippen LogP contribution in [0.25, 0.3) is 11.1 Å². The van der Waals surface area contributed by atoms with Gasteiger partial charge in [0.2, 0.25) is 5.71 Å². The average Bonchev–Trinajstić information content (AvgIpc) is 3.22. The number of hydrogen-bond donors (Lipinski definition) is 1. The Balaban J connectivity index is 1.54. The van der Waals surface area contributed by atoms with Gasteiger partial charge in [0.15, 0.2) is 6.10 Å². The molecule has 7 nitrogen and oxygen atoms in total. The second kappa shape index (κ2) is 6.01. The minimum atomic E-state index is -0.336. The van der Waals surface area contributed by atoms with Crippen molar-refractivity contribution in [3.63, 3.8) is 0 Å². The molecule has 1 aromatic carbocycles. The summed E-state index contributed by atoms with van der Waals surface area (Å²) in [5.74, 6) is 0.823. The van der Waals surface area contributed by atoms with Crippen LogP contribution in [0.15, 0.2) is 46.2 Å². The molecule has 3 heterocycles. The van der Waals surface area contributed by atoms with Crippen LogP contribution in [0, 0.1) is 13.8 Å². The first-order chi connectivity index (χ1) is 12.1. The highest BCUT2D eigenvalue weighted by molar-refractivity contribution is 6.43. The number of furan rings is 1. The van der Waals surface area contributed by atoms with E-state index in [1.54, 1.807) is 0 Å². The van der Waals surface area contributed by atoms with Gasteiger partial charge in [0.25, 0.3) is 5.91 Å². The molecule has 4 rings (SSSR count). The maximum Gasteiger partial charge on any atom is 0.274 e. The molecule has 0 spiro atoms. The van der Waals surface area contributed by atoms with Gasteiger partial charge in [0.05, 0.1) is 5.39 Å². The summed E-state index contributed by atoms with van der Waals surface area (Å²) in [7, 11) is 0. The highest BCUT2D eigenvalue weighted by Crippen LogP contribution is 2.30. The molecule has 0 saturated heterocycles. The van der Waals surface area contributed by atoms with Crippen LogP contribution in [-0.2, 0) is 9.63 Å². The summed E-state index contributed by atoms with van der Waals surface area (Å²) in [5, 5.41) is 7.43. The maximum atomic E-state index is 12.5. The predicted octanol–water partition coefficient (Wildman–Crippen LogP) is 3.30. The van der Waals surface area contributed by atoms with Crippen molar-refractivity contribution < 1.29 is 14.0 Å². The van der Waals surface area contributed by atoms with E-state index in [0.29, 0.717) is 29.1 Å². The molecule has 0 radical (unpaired) electrons. The number of nitrogens with zero attached hydrogens (tertiary/aromatic N) is 3. The smallest absolute Gasteiger partial charge is 0.274 e. The first kappa shape index (κ1) is 15.3. The van der Waals surface area contributed by atoms with Crippen molar-refractivity contribution in [2.75, 3.05) is 5.32 Å². The third kappa shape index (κ3) is 2.73. The molecule has 1 aliphatic rings. The number of anilines is 1. The quantitative estimate of drug-likeness (QED) is 0.792. The first-order valence-corrected chi connectivity index (χ1v) is 7.93. The van der Waals surface area contributed by atoms with Crippen molar-refractivity contribution in [3.8, 4) is 0 Å². The normalized spacial score (nSPS) is 16.6. The lowest BCUT2D eigenvalue weighted by Crippen LogP contribution is -2.22. The largest absolute Gasteiger partial charge is 0.443 e. The Bertz CT molecular complexity index is 979. The fourth-order valence-electron chi connectivity index (χ4n) is 2.81. The lowest BCUT2D eigenvalue weighted by atomic mass is 10.0. The van der Waals surface area contributed by atoms with Crippen molar-refractivity contribution in [3.05, 3.63) is 53.5 Å². The van der Waals surface area contributed by atoms with E-state index in [9.17, 15) is 4.79 Å². The van der Waals surface area contributed by atoms with Gasteiger partial charge in [-0.05, 0) is 19.4 Å². The van der Waals surface area contributed by atoms with E-state index in [1.165, 1.54) is 6.33 Å². The number of aryl methyl sites for hydroxylation is 2. The fraction of sp³-hybridized carbons (Fsp3) is 0.222. The summed E-state index contributed by atoms with van der Waals surface area (Å²) in [5.41, 5.74) is 2.67. The van der Waals surface area contributed by atoms with Crippen LogP contribution in [-0.4, -0.2) is 21.6 Å². The number of hydrogen-bond acceptors (Lipinski definition) is 6. The van der Waals surface area contributed by atoms with Crippen molar-refractivity contribution in [1.82, 2.24) is 9.97 Å². The van der Waals surface area contributed by atoms with Gasteiger partial charge >= 0.3 is 0 Å². The van der Waals surface area contributed by atoms with Crippen molar-refractivity contribution in [1.29, 1.82) is 0 Å². The number of fused-ring (bicyclic) bond motifs is 1. The molecule has 7 heteroatoms. The Kier molecular flexibility index (Phi) is 3.68. The van der Waals surface area contributed by atoms with Crippen LogP contribution in [0.3, 0.4) is 0 Å². The maximum absolute atomic E-state index is 12.5. The van der Waals surface area contributed by atoms with Crippen LogP contribution in [0.5, 0.6) is 0 Å². The average molecular weight is 336 g/mol. The number of rotatable bonds is 3. The number of nitrogens with one attached hydrogen (secondary N) is 1. The topological polar surface area (TPSA) is 89.6 Å². The van der Waals surface area contributed by atoms with Crippen LogP contribution >= 0.6 is 0 Å². The SMILES string of the molecule is Cc1oc2ncnc(NC(=O)C3=NO[C@@H](c4ccccc4)C3)c2c1C. The van der Waals surface area contributed by atoms with Crippen LogP contribution in [0.4, 0.5) is 5.82 Å². The molecular weight excluding hydrogens is 320 g/mol. The molecule has 0 aliphatic carbocycles. The first-order valence-electron chi connectivity index (χ1n) is 7.93. The van der Waals surface area contributed by atoms with Gasteiger partial charge in [-0.2, -0.15) is 0 Å². The molecule has 1 N–H and O–H groups in total. The third-order valence-corrected chi connectivity index (χ3v) is 4.30. The molecule has 1 atom stereocenters. The second-order valence-electron chi connectivity index (χ2n) is 5.89. The predicted molar refractivity (Wildman–Crippen MR) is 92.2 cm³/mol. The van der Waals surface area contributed by atoms with Gasteiger partial charge in [-0.15, -0.1) is 0 Å². The fourth-order valence-corrected chi connectivity index (χ4v) is 2.81. The monoisotopic (exact) mass is 336 g/mol. The Morgan fingerprint density at radius 1 is 1.20 bits per heavy atom. The van der Waals surface area contributed by atoms with Crippen molar-refractivity contribution in [2.24, 2.45) is 5.16 Å². The van der Waals surface area contributed by atoms with Crippen LogP contribution in [0.2, 0.25) is 0 Å². The highest BCUT2D eigenvalue weighted by Gasteiger charge is 2.28. The van der Waals surface area contributed by atoms with Gasteiger partial charge < -0.3 is 14.6 Å². The van der Waals surface area contributed by atoms with E-state index in [4.69, 9.17) is 9.25 Å². The summed E-state index contributed by atoms with van der Waals surface area (Å²) in [6, 6.07) is 9.69. The molecule has 25 heavy (non-hydrogen) atoms. The molecular formula is C18H16N4O3. The molecule has 126 valence electrons. The summed E-state index contributed by atoms with van der Waals surface area (Å²) in [6.45, 7) is 3.75. The van der Waals surface area contributed by atoms with Gasteiger partial charge in [-0.3, -0.25) is 4.79 Å². The van der Waals surface area contributed by atoms with Gasteiger partial charge in [-0.25, -0.2) is 9.97 Å². The lowest BCUT2D eigenvalue weighted by molar-refractivity contribution is -0.110. The molecule has 0 saturated carbocycles. The standard InChI is InChI=1S/C18H16N4O3/c1-10-11(2)24-18-15(10)16(19-9-20-18)21-17(23)13-8-14(25-22-13)12-6-4-3-5-7-12/h3-7,9,14H,8H2,1-2H3,(H,19,20,21,23)/t14-/m1/s1. The number of amides is 1. The zero-order valence-corrected chi connectivity index (χ0v) is 13.8. The van der Waals surface area contributed by atoms with E-state index in [2.05, 4.69) is 20.4 Å². The Morgan fingerprint density at radius 2 is 2.00 bits per heavy atom. The molecule has 0 fully saturated rings. The Labute approximate surface area is 143 Å². The van der Waals surface area contributed by atoms with E-state index in [1.807, 2.05) is 44.2 Å². The summed E-state index contributed by atoms with van der Waals surface area (Å²) < 4.78 is 5.56. The van der Waals surface area contributed by atoms with E-state index >= 15 is 0 Å². The van der Waals surface area contributed by atoms with Gasteiger partial charge in [0, 0.05) is 12.0 Å². The van der Waals surface area contributed by atoms with Crippen LogP contribution in [0.1, 0.15) is 29.4 Å². The lowest BCUT2D eigenvalue weighted by Gasteiger charge is -2.07. The molecule has 1 aliphatic heterocycles. The molecule has 2 aromatic heterocycles. The van der Waals surface area contributed by atoms with Gasteiger partial charge in [0.1, 0.15) is 23.6 Å². The zero-order chi connectivity index (χ0) is 17.4. The van der Waals surface area contributed by atoms with E-state index in [0.717, 1.165) is 16.9 Å². The summed E-state index contributed by atoms with van der Waals surface area (Å²) in [6.07, 6.45) is 1.53. The molecule has 0 unspecified atom stereocenters. The zero-order valence-electron chi connectivity index (χ0n) is 13.8. The number of carbonyl (C=O) groups is 1. The van der Waals surface area contributed by atoms with E-state index < -0.39 is 0 Å². The number of carbonyl (C=O) groups excluding carboxylic acids is 1. The Hall–Kier alpha value is -3.22. The van der Waals surface area contributed by atoms with Crippen molar-refractivity contribution in [2.45, 2.75) is 26.4 Å². The number of benzene rings is 1. The second-order valence-corrected chi connectivity index (χ2v) is 5.89. The summed E-state index contributed by atoms with van der Waals surface area (Å²) >= 11 is 0. The molecule has 0 bridgehead atoms. The minimum absolute atomic E-state index is 0.245. The van der Waals surface area contributed by atoms with Crippen LogP contribution < -0.4 is 5.32 Å². The molecule has 1 amide bonds. The molecule has 3 aromatic rings. The minimum Gasteiger partial charge on any atom is -0.443 e. The number of aromatic nitrogens is 2. The third-order valence-electron chi connectivity index (χ3n) is 4.30. The number of oxime groups is 1. The Morgan fingerprint density at radius 3 is 2.80 bits per heavy atom. The van der Waals surface area contributed by atoms with Gasteiger partial charge in [-0.1, -0.05) is 35.5 Å². The summed E-state index contributed by atoms with van der Waals surface area (Å²) in [4.78, 5) is 26.2. The van der Waals surface area contributed by atoms with Crippen molar-refractivity contribution >= 4 is 28.5 Å². The van der Waals surface area contributed by atoms with E-state index in [-0.39, 0.29) is 12.0 Å².